The monoisotopic (exact) mass is 343 g/mol. The Morgan fingerprint density at radius 2 is 2.33 bits per heavy atom. The zero-order valence-electron chi connectivity index (χ0n) is 13.0. The Labute approximate surface area is 142 Å². The van der Waals surface area contributed by atoms with E-state index < -0.39 is 0 Å². The van der Waals surface area contributed by atoms with Crippen LogP contribution in [0.1, 0.15) is 16.2 Å². The van der Waals surface area contributed by atoms with Crippen LogP contribution in [0.2, 0.25) is 0 Å². The van der Waals surface area contributed by atoms with E-state index in [0.29, 0.717) is 32.0 Å². The molecule has 1 saturated heterocycles. The lowest BCUT2D eigenvalue weighted by Crippen LogP contribution is -2.36. The molecule has 0 unspecified atom stereocenters. The number of ether oxygens (including phenoxy) is 1. The van der Waals surface area contributed by atoms with Crippen LogP contribution in [0, 0.1) is 5.92 Å². The summed E-state index contributed by atoms with van der Waals surface area (Å²) in [5, 5.41) is 6.35. The second kappa shape index (κ2) is 6.66. The van der Waals surface area contributed by atoms with E-state index in [9.17, 15) is 4.79 Å². The van der Waals surface area contributed by atoms with Gasteiger partial charge in [-0.1, -0.05) is 0 Å². The predicted octanol–water partition coefficient (Wildman–Crippen LogP) is 1.52. The highest BCUT2D eigenvalue weighted by Gasteiger charge is 2.25. The number of thiazole rings is 1. The minimum Gasteiger partial charge on any atom is -0.379 e. The van der Waals surface area contributed by atoms with Crippen molar-refractivity contribution in [1.29, 1.82) is 0 Å². The summed E-state index contributed by atoms with van der Waals surface area (Å²) in [6.45, 7) is 2.44. The number of amides is 1. The van der Waals surface area contributed by atoms with Crippen LogP contribution < -0.4 is 0 Å². The molecular formula is C16H17N5O2S. The SMILES string of the molecule is O=C(c1cscn1)N1CCOC[C@@H](Cc2ccc3nccn3n2)C1. The second-order valence-electron chi connectivity index (χ2n) is 5.82. The van der Waals surface area contributed by atoms with E-state index in [1.165, 1.54) is 11.3 Å². The molecule has 0 N–H and O–H groups in total. The third-order valence-electron chi connectivity index (χ3n) is 4.08. The van der Waals surface area contributed by atoms with Crippen molar-refractivity contribution in [3.05, 3.63) is 46.8 Å². The summed E-state index contributed by atoms with van der Waals surface area (Å²) in [7, 11) is 0. The summed E-state index contributed by atoms with van der Waals surface area (Å²) in [6, 6.07) is 3.94. The molecule has 0 aromatic carbocycles. The van der Waals surface area contributed by atoms with Crippen LogP contribution in [0.15, 0.2) is 35.4 Å². The average Bonchev–Trinajstić information content (AvgIpc) is 3.23. The fourth-order valence-corrected chi connectivity index (χ4v) is 3.45. The molecule has 0 saturated carbocycles. The maximum Gasteiger partial charge on any atom is 0.273 e. The predicted molar refractivity (Wildman–Crippen MR) is 89.0 cm³/mol. The lowest BCUT2D eigenvalue weighted by Gasteiger charge is -2.22. The molecule has 24 heavy (non-hydrogen) atoms. The van der Waals surface area contributed by atoms with Gasteiger partial charge < -0.3 is 9.64 Å². The number of fused-ring (bicyclic) bond motifs is 1. The molecular weight excluding hydrogens is 326 g/mol. The van der Waals surface area contributed by atoms with Gasteiger partial charge in [0.15, 0.2) is 5.65 Å². The van der Waals surface area contributed by atoms with Crippen LogP contribution in [0.5, 0.6) is 0 Å². The third kappa shape index (κ3) is 3.15. The molecule has 8 heteroatoms. The van der Waals surface area contributed by atoms with Crippen molar-refractivity contribution < 1.29 is 9.53 Å². The smallest absolute Gasteiger partial charge is 0.273 e. The number of hydrogen-bond donors (Lipinski definition) is 0. The quantitative estimate of drug-likeness (QED) is 0.721. The van der Waals surface area contributed by atoms with Gasteiger partial charge in [-0.2, -0.15) is 5.10 Å². The number of hydrogen-bond acceptors (Lipinski definition) is 6. The van der Waals surface area contributed by atoms with Crippen molar-refractivity contribution in [2.45, 2.75) is 6.42 Å². The van der Waals surface area contributed by atoms with Gasteiger partial charge in [0.25, 0.3) is 5.91 Å². The molecule has 1 aliphatic rings. The lowest BCUT2D eigenvalue weighted by molar-refractivity contribution is 0.0732. The number of aromatic nitrogens is 4. The number of nitrogens with zero attached hydrogens (tertiary/aromatic N) is 5. The first-order valence-corrected chi connectivity index (χ1v) is 8.78. The molecule has 4 rings (SSSR count). The van der Waals surface area contributed by atoms with Gasteiger partial charge in [0, 0.05) is 36.8 Å². The minimum absolute atomic E-state index is 0.0234. The molecule has 1 atom stereocenters. The van der Waals surface area contributed by atoms with Gasteiger partial charge in [-0.05, 0) is 18.6 Å². The first kappa shape index (κ1) is 15.2. The molecule has 7 nitrogen and oxygen atoms in total. The summed E-state index contributed by atoms with van der Waals surface area (Å²) in [5.74, 6) is 0.188. The normalized spacial score (nSPS) is 18.7. The second-order valence-corrected chi connectivity index (χ2v) is 6.54. The van der Waals surface area contributed by atoms with Crippen LogP contribution in [0.25, 0.3) is 5.65 Å². The molecule has 0 radical (unpaired) electrons. The number of imidazole rings is 1. The Morgan fingerprint density at radius 1 is 1.38 bits per heavy atom. The maximum atomic E-state index is 12.5. The van der Waals surface area contributed by atoms with E-state index >= 15 is 0 Å². The van der Waals surface area contributed by atoms with Gasteiger partial charge >= 0.3 is 0 Å². The molecule has 3 aromatic rings. The van der Waals surface area contributed by atoms with Crippen molar-refractivity contribution in [2.24, 2.45) is 5.92 Å². The Morgan fingerprint density at radius 3 is 3.21 bits per heavy atom. The highest BCUT2D eigenvalue weighted by atomic mass is 32.1. The first-order valence-electron chi connectivity index (χ1n) is 7.84. The van der Waals surface area contributed by atoms with Gasteiger partial charge in [-0.3, -0.25) is 4.79 Å². The standard InChI is InChI=1S/C16H17N5O2S/c22-16(14-10-24-11-18-14)20-5-6-23-9-12(8-20)7-13-1-2-15-17-3-4-21(15)19-13/h1-4,10-12H,5-9H2/t12-/m0/s1. The number of carbonyl (C=O) groups is 1. The van der Waals surface area contributed by atoms with E-state index in [1.807, 2.05) is 23.2 Å². The fourth-order valence-electron chi connectivity index (χ4n) is 2.93. The summed E-state index contributed by atoms with van der Waals surface area (Å²) in [6.07, 6.45) is 4.32. The van der Waals surface area contributed by atoms with Gasteiger partial charge in [0.2, 0.25) is 0 Å². The van der Waals surface area contributed by atoms with Gasteiger partial charge in [-0.25, -0.2) is 14.5 Å². The van der Waals surface area contributed by atoms with Crippen LogP contribution in [-0.2, 0) is 11.2 Å². The van der Waals surface area contributed by atoms with E-state index in [4.69, 9.17) is 4.74 Å². The Balaban J connectivity index is 1.48. The average molecular weight is 343 g/mol. The van der Waals surface area contributed by atoms with Crippen LogP contribution in [0.3, 0.4) is 0 Å². The van der Waals surface area contributed by atoms with Crippen molar-refractivity contribution in [3.63, 3.8) is 0 Å². The van der Waals surface area contributed by atoms with Crippen molar-refractivity contribution in [2.75, 3.05) is 26.3 Å². The molecule has 1 amide bonds. The molecule has 4 heterocycles. The van der Waals surface area contributed by atoms with Gasteiger partial charge in [0.1, 0.15) is 5.69 Å². The maximum absolute atomic E-state index is 12.5. The molecule has 0 aliphatic carbocycles. The first-order chi connectivity index (χ1) is 11.8. The van der Waals surface area contributed by atoms with Crippen molar-refractivity contribution in [3.8, 4) is 0 Å². The molecule has 1 fully saturated rings. The van der Waals surface area contributed by atoms with Crippen LogP contribution in [0.4, 0.5) is 0 Å². The molecule has 0 spiro atoms. The Hall–Kier alpha value is -2.32. The molecule has 0 bridgehead atoms. The Kier molecular flexibility index (Phi) is 4.22. The van der Waals surface area contributed by atoms with Crippen molar-refractivity contribution in [1.82, 2.24) is 24.5 Å². The van der Waals surface area contributed by atoms with Crippen LogP contribution >= 0.6 is 11.3 Å². The van der Waals surface area contributed by atoms with E-state index in [0.717, 1.165) is 17.8 Å². The number of rotatable bonds is 3. The van der Waals surface area contributed by atoms with E-state index in [2.05, 4.69) is 15.1 Å². The Bertz CT molecular complexity index is 832. The van der Waals surface area contributed by atoms with Gasteiger partial charge in [-0.15, -0.1) is 11.3 Å². The fraction of sp³-hybridized carbons (Fsp3) is 0.375. The van der Waals surface area contributed by atoms with Crippen molar-refractivity contribution >= 4 is 22.9 Å². The van der Waals surface area contributed by atoms with E-state index in [1.54, 1.807) is 21.6 Å². The number of carbonyl (C=O) groups excluding carboxylic acids is 1. The van der Waals surface area contributed by atoms with Crippen LogP contribution in [-0.4, -0.2) is 56.7 Å². The summed E-state index contributed by atoms with van der Waals surface area (Å²) >= 11 is 1.43. The molecule has 1 aliphatic heterocycles. The van der Waals surface area contributed by atoms with Gasteiger partial charge in [0.05, 0.1) is 24.4 Å². The minimum atomic E-state index is -0.0234. The zero-order valence-corrected chi connectivity index (χ0v) is 13.9. The highest BCUT2D eigenvalue weighted by Crippen LogP contribution is 2.15. The summed E-state index contributed by atoms with van der Waals surface area (Å²) < 4.78 is 7.46. The zero-order chi connectivity index (χ0) is 16.4. The molecule has 124 valence electrons. The third-order valence-corrected chi connectivity index (χ3v) is 4.67. The summed E-state index contributed by atoms with van der Waals surface area (Å²) in [5.41, 5.74) is 4.00. The summed E-state index contributed by atoms with van der Waals surface area (Å²) in [4.78, 5) is 22.7. The lowest BCUT2D eigenvalue weighted by atomic mass is 10.0. The molecule has 3 aromatic heterocycles. The largest absolute Gasteiger partial charge is 0.379 e. The van der Waals surface area contributed by atoms with E-state index in [-0.39, 0.29) is 11.8 Å². The highest BCUT2D eigenvalue weighted by molar-refractivity contribution is 7.07. The topological polar surface area (TPSA) is 72.6 Å².